The molecule has 1 aromatic rings. The van der Waals surface area contributed by atoms with Crippen molar-refractivity contribution in [2.75, 3.05) is 46.6 Å². The standard InChI is InChI=1S/C16H28N4OS/c1-18(12-16(22-4)5-6-16)11-14-15(19(2)7-8-21-14)13-9-17-20(3)10-13/h9-10,14-15H,5-8,11-12H2,1-4H3/t14-,15-/m0/s1. The first-order valence-corrected chi connectivity index (χ1v) is 9.29. The highest BCUT2D eigenvalue weighted by Gasteiger charge is 2.43. The van der Waals surface area contributed by atoms with Gasteiger partial charge < -0.3 is 9.64 Å². The van der Waals surface area contributed by atoms with Crippen LogP contribution in [0.5, 0.6) is 0 Å². The minimum absolute atomic E-state index is 0.214. The molecule has 1 aliphatic heterocycles. The predicted molar refractivity (Wildman–Crippen MR) is 91.3 cm³/mol. The van der Waals surface area contributed by atoms with E-state index in [2.05, 4.69) is 41.4 Å². The SMILES string of the molecule is CSC1(CN(C)C[C@@H]2OCCN(C)[C@H]2c2cnn(C)c2)CC1. The average molecular weight is 324 g/mol. The van der Waals surface area contributed by atoms with E-state index in [9.17, 15) is 0 Å². The zero-order valence-electron chi connectivity index (χ0n) is 14.2. The lowest BCUT2D eigenvalue weighted by Crippen LogP contribution is -2.48. The quantitative estimate of drug-likeness (QED) is 0.794. The van der Waals surface area contributed by atoms with Gasteiger partial charge in [-0.15, -0.1) is 0 Å². The third-order valence-corrected chi connectivity index (χ3v) is 6.36. The zero-order valence-corrected chi connectivity index (χ0v) is 15.0. The van der Waals surface area contributed by atoms with Gasteiger partial charge in [0.25, 0.3) is 0 Å². The Morgan fingerprint density at radius 3 is 2.82 bits per heavy atom. The van der Waals surface area contributed by atoms with Crippen LogP contribution in [0.1, 0.15) is 24.4 Å². The lowest BCUT2D eigenvalue weighted by Gasteiger charge is -2.40. The minimum Gasteiger partial charge on any atom is -0.374 e. The van der Waals surface area contributed by atoms with Crippen molar-refractivity contribution in [1.29, 1.82) is 0 Å². The van der Waals surface area contributed by atoms with Crippen LogP contribution in [0.4, 0.5) is 0 Å². The summed E-state index contributed by atoms with van der Waals surface area (Å²) in [7, 11) is 6.40. The molecule has 2 aliphatic rings. The largest absolute Gasteiger partial charge is 0.374 e. The predicted octanol–water partition coefficient (Wildman–Crippen LogP) is 1.62. The van der Waals surface area contributed by atoms with Crippen LogP contribution < -0.4 is 0 Å². The Bertz CT molecular complexity index is 502. The molecule has 3 rings (SSSR count). The van der Waals surface area contributed by atoms with Crippen molar-refractivity contribution in [2.24, 2.45) is 7.05 Å². The van der Waals surface area contributed by atoms with E-state index in [1.165, 1.54) is 18.4 Å². The van der Waals surface area contributed by atoms with Gasteiger partial charge in [0.15, 0.2) is 0 Å². The van der Waals surface area contributed by atoms with E-state index >= 15 is 0 Å². The first-order chi connectivity index (χ1) is 10.5. The molecule has 0 aromatic carbocycles. The van der Waals surface area contributed by atoms with Crippen molar-refractivity contribution in [2.45, 2.75) is 29.7 Å². The molecule has 1 aromatic heterocycles. The van der Waals surface area contributed by atoms with Crippen LogP contribution in [-0.4, -0.2) is 77.0 Å². The summed E-state index contributed by atoms with van der Waals surface area (Å²) >= 11 is 2.02. The average Bonchev–Trinajstić information content (AvgIpc) is 3.12. The summed E-state index contributed by atoms with van der Waals surface area (Å²) in [4.78, 5) is 4.86. The highest BCUT2D eigenvalue weighted by Crippen LogP contribution is 2.47. The van der Waals surface area contributed by atoms with E-state index in [1.807, 2.05) is 29.7 Å². The fourth-order valence-corrected chi connectivity index (χ4v) is 4.37. The molecule has 2 atom stereocenters. The normalized spacial score (nSPS) is 28.2. The molecule has 5 nitrogen and oxygen atoms in total. The van der Waals surface area contributed by atoms with Crippen molar-refractivity contribution in [3.05, 3.63) is 18.0 Å². The van der Waals surface area contributed by atoms with Crippen LogP contribution in [0.3, 0.4) is 0 Å². The lowest BCUT2D eigenvalue weighted by atomic mass is 10.0. The topological polar surface area (TPSA) is 33.5 Å². The molecule has 0 unspecified atom stereocenters. The molecule has 1 saturated carbocycles. The minimum atomic E-state index is 0.214. The fourth-order valence-electron chi connectivity index (χ4n) is 3.51. The van der Waals surface area contributed by atoms with Gasteiger partial charge in [0.05, 0.1) is 24.9 Å². The first kappa shape index (κ1) is 16.3. The number of rotatable bonds is 6. The summed E-state index contributed by atoms with van der Waals surface area (Å²) < 4.78 is 8.53. The second-order valence-electron chi connectivity index (χ2n) is 6.87. The van der Waals surface area contributed by atoms with Crippen molar-refractivity contribution in [1.82, 2.24) is 19.6 Å². The van der Waals surface area contributed by atoms with Crippen LogP contribution in [0.25, 0.3) is 0 Å². The number of aryl methyl sites for hydroxylation is 1. The molecule has 1 saturated heterocycles. The van der Waals surface area contributed by atoms with Crippen molar-refractivity contribution in [3.63, 3.8) is 0 Å². The van der Waals surface area contributed by atoms with E-state index in [4.69, 9.17) is 4.74 Å². The summed E-state index contributed by atoms with van der Waals surface area (Å²) in [6.07, 6.45) is 9.27. The molecule has 0 radical (unpaired) electrons. The monoisotopic (exact) mass is 324 g/mol. The Labute approximate surface area is 138 Å². The lowest BCUT2D eigenvalue weighted by molar-refractivity contribution is -0.0736. The van der Waals surface area contributed by atoms with Gasteiger partial charge in [0.1, 0.15) is 0 Å². The number of aromatic nitrogens is 2. The molecule has 0 bridgehead atoms. The van der Waals surface area contributed by atoms with Gasteiger partial charge in [0.2, 0.25) is 0 Å². The Kier molecular flexibility index (Phi) is 4.83. The highest BCUT2D eigenvalue weighted by atomic mass is 32.2. The summed E-state index contributed by atoms with van der Waals surface area (Å²) in [5, 5.41) is 4.34. The van der Waals surface area contributed by atoms with Crippen LogP contribution >= 0.6 is 11.8 Å². The van der Waals surface area contributed by atoms with Crippen LogP contribution in [0.15, 0.2) is 12.4 Å². The third-order valence-electron chi connectivity index (χ3n) is 4.96. The third kappa shape index (κ3) is 3.50. The van der Waals surface area contributed by atoms with E-state index < -0.39 is 0 Å². The van der Waals surface area contributed by atoms with E-state index in [1.54, 1.807) is 0 Å². The maximum Gasteiger partial charge on any atom is 0.0899 e. The summed E-state index contributed by atoms with van der Waals surface area (Å²) in [5.74, 6) is 0. The second kappa shape index (κ2) is 6.51. The second-order valence-corrected chi connectivity index (χ2v) is 8.14. The number of morpholine rings is 1. The summed E-state index contributed by atoms with van der Waals surface area (Å²) in [6, 6.07) is 0.300. The maximum absolute atomic E-state index is 6.14. The Morgan fingerprint density at radius 2 is 2.23 bits per heavy atom. The smallest absolute Gasteiger partial charge is 0.0899 e. The van der Waals surface area contributed by atoms with Crippen LogP contribution in [0.2, 0.25) is 0 Å². The molecule has 2 heterocycles. The van der Waals surface area contributed by atoms with Crippen LogP contribution in [0, 0.1) is 0 Å². The molecular weight excluding hydrogens is 296 g/mol. The molecule has 0 spiro atoms. The van der Waals surface area contributed by atoms with Gasteiger partial charge in [0, 0.05) is 43.2 Å². The van der Waals surface area contributed by atoms with Crippen molar-refractivity contribution < 1.29 is 4.74 Å². The number of hydrogen-bond acceptors (Lipinski definition) is 5. The molecule has 0 amide bonds. The molecule has 1 aliphatic carbocycles. The number of likely N-dealkylation sites (N-methyl/N-ethyl adjacent to an activating group) is 2. The summed E-state index contributed by atoms with van der Waals surface area (Å²) in [5.41, 5.74) is 1.26. The molecule has 22 heavy (non-hydrogen) atoms. The van der Waals surface area contributed by atoms with E-state index in [0.29, 0.717) is 10.8 Å². The Balaban J connectivity index is 1.67. The molecule has 0 N–H and O–H groups in total. The highest BCUT2D eigenvalue weighted by molar-refractivity contribution is 8.00. The first-order valence-electron chi connectivity index (χ1n) is 8.07. The van der Waals surface area contributed by atoms with Gasteiger partial charge >= 0.3 is 0 Å². The maximum atomic E-state index is 6.14. The summed E-state index contributed by atoms with van der Waals surface area (Å²) in [6.45, 7) is 3.94. The van der Waals surface area contributed by atoms with E-state index in [0.717, 1.165) is 26.2 Å². The number of thioether (sulfide) groups is 1. The van der Waals surface area contributed by atoms with Crippen molar-refractivity contribution >= 4 is 11.8 Å². The molecule has 124 valence electrons. The van der Waals surface area contributed by atoms with Crippen LogP contribution in [-0.2, 0) is 11.8 Å². The number of nitrogens with zero attached hydrogens (tertiary/aromatic N) is 4. The Hall–Kier alpha value is -0.560. The number of ether oxygens (including phenoxy) is 1. The van der Waals surface area contributed by atoms with Gasteiger partial charge in [-0.25, -0.2) is 0 Å². The molecule has 6 heteroatoms. The van der Waals surface area contributed by atoms with Gasteiger partial charge in [-0.2, -0.15) is 16.9 Å². The fraction of sp³-hybridized carbons (Fsp3) is 0.812. The van der Waals surface area contributed by atoms with Gasteiger partial charge in [-0.1, -0.05) is 0 Å². The van der Waals surface area contributed by atoms with Crippen molar-refractivity contribution in [3.8, 4) is 0 Å². The van der Waals surface area contributed by atoms with E-state index in [-0.39, 0.29) is 6.10 Å². The molecule has 2 fully saturated rings. The van der Waals surface area contributed by atoms with Gasteiger partial charge in [-0.3, -0.25) is 9.58 Å². The Morgan fingerprint density at radius 1 is 1.45 bits per heavy atom. The number of hydrogen-bond donors (Lipinski definition) is 0. The molecular formula is C16H28N4OS. The van der Waals surface area contributed by atoms with Gasteiger partial charge in [-0.05, 0) is 33.2 Å². The zero-order chi connectivity index (χ0) is 15.7.